The van der Waals surface area contributed by atoms with Crippen LogP contribution in [0.4, 0.5) is 11.5 Å². The lowest BCUT2D eigenvalue weighted by Crippen LogP contribution is -2.30. The van der Waals surface area contributed by atoms with Gasteiger partial charge in [-0.15, -0.1) is 0 Å². The van der Waals surface area contributed by atoms with Crippen LogP contribution in [-0.4, -0.2) is 40.9 Å². The van der Waals surface area contributed by atoms with E-state index in [-0.39, 0.29) is 23.1 Å². The van der Waals surface area contributed by atoms with Crippen molar-refractivity contribution in [3.05, 3.63) is 27.9 Å². The van der Waals surface area contributed by atoms with Gasteiger partial charge in [-0.2, -0.15) is 0 Å². The molecule has 0 saturated carbocycles. The quantitative estimate of drug-likeness (QED) is 0.637. The highest BCUT2D eigenvalue weighted by molar-refractivity contribution is 5.98. The van der Waals surface area contributed by atoms with Gasteiger partial charge in [0.2, 0.25) is 0 Å². The number of nitrogens with zero attached hydrogens (tertiary/aromatic N) is 3. The average Bonchev–Trinajstić information content (AvgIpc) is 2.37. The molecular formula is C13H20N4O3. The van der Waals surface area contributed by atoms with Gasteiger partial charge in [-0.3, -0.25) is 14.9 Å². The van der Waals surface area contributed by atoms with Crippen LogP contribution >= 0.6 is 0 Å². The van der Waals surface area contributed by atoms with Gasteiger partial charge in [0.1, 0.15) is 17.6 Å². The van der Waals surface area contributed by atoms with E-state index in [1.54, 1.807) is 7.05 Å². The zero-order valence-corrected chi connectivity index (χ0v) is 12.2. The molecule has 0 aliphatic carbocycles. The zero-order valence-electron chi connectivity index (χ0n) is 12.2. The lowest BCUT2D eigenvalue weighted by molar-refractivity contribution is -0.385. The Hall–Kier alpha value is -2.18. The molecule has 1 aromatic rings. The molecule has 0 aliphatic rings. The molecule has 20 heavy (non-hydrogen) atoms. The van der Waals surface area contributed by atoms with Crippen molar-refractivity contribution in [1.82, 2.24) is 9.88 Å². The van der Waals surface area contributed by atoms with Crippen LogP contribution in [0.5, 0.6) is 0 Å². The molecule has 1 heterocycles. The minimum absolute atomic E-state index is 0.0594. The summed E-state index contributed by atoms with van der Waals surface area (Å²) in [4.78, 5) is 28.2. The molecule has 0 unspecified atom stereocenters. The van der Waals surface area contributed by atoms with Gasteiger partial charge in [0, 0.05) is 26.2 Å². The Morgan fingerprint density at radius 1 is 1.55 bits per heavy atom. The maximum atomic E-state index is 12.3. The molecule has 0 atom stereocenters. The van der Waals surface area contributed by atoms with E-state index in [0.29, 0.717) is 18.9 Å². The third-order valence-corrected chi connectivity index (χ3v) is 2.65. The first-order valence-electron chi connectivity index (χ1n) is 6.50. The fraction of sp³-hybridized carbons (Fsp3) is 0.538. The van der Waals surface area contributed by atoms with Crippen LogP contribution < -0.4 is 5.32 Å². The number of nitrogens with one attached hydrogen (secondary N) is 1. The summed E-state index contributed by atoms with van der Waals surface area (Å²) in [5, 5.41) is 14.0. The molecule has 7 heteroatoms. The predicted octanol–water partition coefficient (Wildman–Crippen LogP) is 2.15. The van der Waals surface area contributed by atoms with E-state index in [0.717, 1.165) is 6.20 Å². The number of carbonyl (C=O) groups is 1. The van der Waals surface area contributed by atoms with Crippen LogP contribution in [0.15, 0.2) is 12.3 Å². The fourth-order valence-corrected chi connectivity index (χ4v) is 1.88. The molecule has 0 bridgehead atoms. The van der Waals surface area contributed by atoms with Crippen molar-refractivity contribution >= 4 is 17.4 Å². The van der Waals surface area contributed by atoms with Crippen LogP contribution in [-0.2, 0) is 0 Å². The minimum Gasteiger partial charge on any atom is -0.370 e. The Balaban J connectivity index is 3.14. The second-order valence-electron chi connectivity index (χ2n) is 4.95. The Morgan fingerprint density at radius 3 is 2.70 bits per heavy atom. The molecule has 1 amide bonds. The van der Waals surface area contributed by atoms with Crippen molar-refractivity contribution in [2.75, 3.05) is 25.5 Å². The van der Waals surface area contributed by atoms with Crippen LogP contribution in [0.2, 0.25) is 0 Å². The molecule has 0 aromatic carbocycles. The van der Waals surface area contributed by atoms with Gasteiger partial charge in [-0.1, -0.05) is 13.8 Å². The largest absolute Gasteiger partial charge is 0.370 e. The summed E-state index contributed by atoms with van der Waals surface area (Å²) in [6.45, 7) is 7.01. The van der Waals surface area contributed by atoms with Gasteiger partial charge >= 0.3 is 0 Å². The molecular weight excluding hydrogens is 260 g/mol. The Bertz CT molecular complexity index is 502. The molecule has 1 rings (SSSR count). The monoisotopic (exact) mass is 280 g/mol. The highest BCUT2D eigenvalue weighted by Crippen LogP contribution is 2.22. The Kier molecular flexibility index (Phi) is 5.42. The summed E-state index contributed by atoms with van der Waals surface area (Å²) >= 11 is 0. The second-order valence-corrected chi connectivity index (χ2v) is 4.95. The molecule has 1 aromatic heterocycles. The Morgan fingerprint density at radius 2 is 2.20 bits per heavy atom. The first-order valence-corrected chi connectivity index (χ1v) is 6.50. The van der Waals surface area contributed by atoms with Crippen molar-refractivity contribution in [2.24, 2.45) is 5.92 Å². The SMILES string of the molecule is CCNc1cc(C(=O)N(C)CC(C)C)c([N+](=O)[O-])cn1. The van der Waals surface area contributed by atoms with Crippen molar-refractivity contribution < 1.29 is 9.72 Å². The lowest BCUT2D eigenvalue weighted by Gasteiger charge is -2.19. The van der Waals surface area contributed by atoms with Gasteiger partial charge in [0.15, 0.2) is 0 Å². The standard InChI is InChI=1S/C13H20N4O3/c1-5-14-12-6-10(11(7-15-12)17(19)20)13(18)16(4)8-9(2)3/h6-7,9H,5,8H2,1-4H3,(H,14,15). The molecule has 110 valence electrons. The number of aromatic nitrogens is 1. The lowest BCUT2D eigenvalue weighted by atomic mass is 10.1. The number of nitro groups is 1. The van der Waals surface area contributed by atoms with E-state index >= 15 is 0 Å². The van der Waals surface area contributed by atoms with E-state index in [9.17, 15) is 14.9 Å². The maximum absolute atomic E-state index is 12.3. The number of hydrogen-bond donors (Lipinski definition) is 1. The molecule has 1 N–H and O–H groups in total. The number of amides is 1. The van der Waals surface area contributed by atoms with Gasteiger partial charge in [0.05, 0.1) is 4.92 Å². The maximum Gasteiger partial charge on any atom is 0.300 e. The third kappa shape index (κ3) is 3.91. The summed E-state index contributed by atoms with van der Waals surface area (Å²) in [5.74, 6) is 0.379. The summed E-state index contributed by atoms with van der Waals surface area (Å²) in [7, 11) is 1.64. The summed E-state index contributed by atoms with van der Waals surface area (Å²) in [6.07, 6.45) is 1.12. The van der Waals surface area contributed by atoms with Gasteiger partial charge in [-0.05, 0) is 12.8 Å². The first-order chi connectivity index (χ1) is 9.36. The van der Waals surface area contributed by atoms with Gasteiger partial charge in [-0.25, -0.2) is 4.98 Å². The number of hydrogen-bond acceptors (Lipinski definition) is 5. The fourth-order valence-electron chi connectivity index (χ4n) is 1.88. The van der Waals surface area contributed by atoms with Gasteiger partial charge < -0.3 is 10.2 Å². The van der Waals surface area contributed by atoms with E-state index in [4.69, 9.17) is 0 Å². The normalized spacial score (nSPS) is 10.4. The van der Waals surface area contributed by atoms with E-state index < -0.39 is 4.92 Å². The van der Waals surface area contributed by atoms with E-state index in [2.05, 4.69) is 10.3 Å². The van der Waals surface area contributed by atoms with Crippen molar-refractivity contribution in [3.8, 4) is 0 Å². The van der Waals surface area contributed by atoms with Crippen molar-refractivity contribution in [1.29, 1.82) is 0 Å². The van der Waals surface area contributed by atoms with E-state index in [1.165, 1.54) is 11.0 Å². The number of carbonyl (C=O) groups excluding carboxylic acids is 1. The number of anilines is 1. The average molecular weight is 280 g/mol. The van der Waals surface area contributed by atoms with Crippen LogP contribution in [0.1, 0.15) is 31.1 Å². The first kappa shape index (κ1) is 15.9. The smallest absolute Gasteiger partial charge is 0.300 e. The summed E-state index contributed by atoms with van der Waals surface area (Å²) in [6, 6.07) is 1.43. The topological polar surface area (TPSA) is 88.4 Å². The van der Waals surface area contributed by atoms with Gasteiger partial charge in [0.25, 0.3) is 11.6 Å². The van der Waals surface area contributed by atoms with E-state index in [1.807, 2.05) is 20.8 Å². The highest BCUT2D eigenvalue weighted by Gasteiger charge is 2.24. The third-order valence-electron chi connectivity index (χ3n) is 2.65. The molecule has 0 saturated heterocycles. The molecule has 0 spiro atoms. The molecule has 0 aliphatic heterocycles. The van der Waals surface area contributed by atoms with Crippen molar-refractivity contribution in [2.45, 2.75) is 20.8 Å². The number of pyridine rings is 1. The Labute approximate surface area is 118 Å². The summed E-state index contributed by atoms with van der Waals surface area (Å²) in [5.41, 5.74) is -0.212. The van der Waals surface area contributed by atoms with Crippen LogP contribution in [0.3, 0.4) is 0 Å². The van der Waals surface area contributed by atoms with Crippen molar-refractivity contribution in [3.63, 3.8) is 0 Å². The summed E-state index contributed by atoms with van der Waals surface area (Å²) < 4.78 is 0. The van der Waals surface area contributed by atoms with Crippen LogP contribution in [0, 0.1) is 16.0 Å². The number of rotatable bonds is 6. The molecule has 0 fully saturated rings. The predicted molar refractivity (Wildman–Crippen MR) is 76.9 cm³/mol. The highest BCUT2D eigenvalue weighted by atomic mass is 16.6. The minimum atomic E-state index is -0.584. The molecule has 0 radical (unpaired) electrons. The zero-order chi connectivity index (χ0) is 15.3. The second kappa shape index (κ2) is 6.83. The van der Waals surface area contributed by atoms with Crippen LogP contribution in [0.25, 0.3) is 0 Å². The molecule has 7 nitrogen and oxygen atoms in total.